The van der Waals surface area contributed by atoms with E-state index in [2.05, 4.69) is 27.1 Å². The fourth-order valence-corrected chi connectivity index (χ4v) is 2.89. The number of amides is 1. The van der Waals surface area contributed by atoms with Gasteiger partial charge in [-0.3, -0.25) is 9.78 Å². The van der Waals surface area contributed by atoms with Gasteiger partial charge in [-0.25, -0.2) is 0 Å². The first-order valence-corrected chi connectivity index (χ1v) is 8.38. The standard InChI is InChI=1S/C19H24N4O/c1-15(16-6-4-3-5-7-16)21-19(24)17-12-18(14-20-13-17)23-10-8-22(2)9-11-23/h3-7,12-15H,8-11H2,1-2H3,(H,21,24). The van der Waals surface area contributed by atoms with Crippen molar-refractivity contribution in [1.82, 2.24) is 15.2 Å². The molecule has 1 aliphatic rings. The number of nitrogens with zero attached hydrogens (tertiary/aromatic N) is 3. The zero-order valence-corrected chi connectivity index (χ0v) is 14.3. The average molecular weight is 324 g/mol. The Bertz CT molecular complexity index is 681. The minimum absolute atomic E-state index is 0.0361. The molecule has 1 aliphatic heterocycles. The first-order valence-electron chi connectivity index (χ1n) is 8.38. The van der Waals surface area contributed by atoms with Crippen molar-refractivity contribution in [3.05, 3.63) is 59.9 Å². The number of likely N-dealkylation sites (N-methyl/N-ethyl adjacent to an activating group) is 1. The fraction of sp³-hybridized carbons (Fsp3) is 0.368. The van der Waals surface area contributed by atoms with E-state index in [9.17, 15) is 4.79 Å². The lowest BCUT2D eigenvalue weighted by Crippen LogP contribution is -2.44. The van der Waals surface area contributed by atoms with Crippen LogP contribution < -0.4 is 10.2 Å². The molecule has 0 aliphatic carbocycles. The Labute approximate surface area is 143 Å². The number of benzene rings is 1. The largest absolute Gasteiger partial charge is 0.368 e. The van der Waals surface area contributed by atoms with Gasteiger partial charge in [0, 0.05) is 32.4 Å². The Morgan fingerprint density at radius 2 is 1.83 bits per heavy atom. The molecule has 1 fully saturated rings. The number of nitrogens with one attached hydrogen (secondary N) is 1. The monoisotopic (exact) mass is 324 g/mol. The van der Waals surface area contributed by atoms with E-state index in [1.807, 2.05) is 49.5 Å². The van der Waals surface area contributed by atoms with Gasteiger partial charge in [0.15, 0.2) is 0 Å². The summed E-state index contributed by atoms with van der Waals surface area (Å²) in [6, 6.07) is 11.9. The summed E-state index contributed by atoms with van der Waals surface area (Å²) in [5.74, 6) is -0.0881. The van der Waals surface area contributed by atoms with Crippen LogP contribution >= 0.6 is 0 Å². The van der Waals surface area contributed by atoms with Gasteiger partial charge in [-0.15, -0.1) is 0 Å². The lowest BCUT2D eigenvalue weighted by Gasteiger charge is -2.33. The molecule has 3 rings (SSSR count). The fourth-order valence-electron chi connectivity index (χ4n) is 2.89. The zero-order chi connectivity index (χ0) is 16.9. The lowest BCUT2D eigenvalue weighted by molar-refractivity contribution is 0.0939. The molecule has 1 unspecified atom stereocenters. The molecule has 0 radical (unpaired) electrons. The second-order valence-electron chi connectivity index (χ2n) is 6.33. The van der Waals surface area contributed by atoms with Crippen LogP contribution in [0.2, 0.25) is 0 Å². The van der Waals surface area contributed by atoms with E-state index in [4.69, 9.17) is 0 Å². The summed E-state index contributed by atoms with van der Waals surface area (Å²) in [6.45, 7) is 5.97. The summed E-state index contributed by atoms with van der Waals surface area (Å²) in [4.78, 5) is 21.4. The minimum atomic E-state index is -0.0881. The molecule has 1 N–H and O–H groups in total. The molecule has 1 atom stereocenters. The molecule has 1 aromatic carbocycles. The van der Waals surface area contributed by atoms with Gasteiger partial charge < -0.3 is 15.1 Å². The number of hydrogen-bond donors (Lipinski definition) is 1. The maximum absolute atomic E-state index is 12.5. The van der Waals surface area contributed by atoms with Crippen molar-refractivity contribution in [3.8, 4) is 0 Å². The molecule has 1 aromatic heterocycles. The van der Waals surface area contributed by atoms with Crippen molar-refractivity contribution in [2.45, 2.75) is 13.0 Å². The quantitative estimate of drug-likeness (QED) is 0.938. The summed E-state index contributed by atoms with van der Waals surface area (Å²) >= 11 is 0. The van der Waals surface area contributed by atoms with Gasteiger partial charge in [0.05, 0.1) is 23.5 Å². The number of carbonyl (C=O) groups excluding carboxylic acids is 1. The van der Waals surface area contributed by atoms with E-state index in [0.717, 1.165) is 37.4 Å². The van der Waals surface area contributed by atoms with Gasteiger partial charge in [0.2, 0.25) is 0 Å². The van der Waals surface area contributed by atoms with Gasteiger partial charge in [-0.1, -0.05) is 30.3 Å². The van der Waals surface area contributed by atoms with Crippen LogP contribution in [0.15, 0.2) is 48.8 Å². The summed E-state index contributed by atoms with van der Waals surface area (Å²) in [7, 11) is 2.13. The summed E-state index contributed by atoms with van der Waals surface area (Å²) < 4.78 is 0. The third-order valence-electron chi connectivity index (χ3n) is 4.50. The first kappa shape index (κ1) is 16.5. The molecule has 2 aromatic rings. The second kappa shape index (κ2) is 7.45. The molecule has 0 saturated carbocycles. The van der Waals surface area contributed by atoms with E-state index in [1.54, 1.807) is 6.20 Å². The first-order chi connectivity index (χ1) is 11.6. The van der Waals surface area contributed by atoms with Crippen molar-refractivity contribution in [2.24, 2.45) is 0 Å². The number of anilines is 1. The average Bonchev–Trinajstić information content (AvgIpc) is 2.63. The van der Waals surface area contributed by atoms with E-state index in [1.165, 1.54) is 0 Å². The molecule has 2 heterocycles. The maximum Gasteiger partial charge on any atom is 0.253 e. The molecule has 0 bridgehead atoms. The third kappa shape index (κ3) is 3.92. The lowest BCUT2D eigenvalue weighted by atomic mass is 10.1. The van der Waals surface area contributed by atoms with Crippen LogP contribution in [0.5, 0.6) is 0 Å². The Kier molecular flexibility index (Phi) is 5.11. The second-order valence-corrected chi connectivity index (χ2v) is 6.33. The minimum Gasteiger partial charge on any atom is -0.368 e. The van der Waals surface area contributed by atoms with Crippen LogP contribution in [-0.4, -0.2) is 49.0 Å². The normalized spacial score (nSPS) is 16.7. The highest BCUT2D eigenvalue weighted by Crippen LogP contribution is 2.18. The molecular formula is C19H24N4O. The number of pyridine rings is 1. The smallest absolute Gasteiger partial charge is 0.253 e. The molecular weight excluding hydrogens is 300 g/mol. The topological polar surface area (TPSA) is 48.5 Å². The van der Waals surface area contributed by atoms with E-state index in [-0.39, 0.29) is 11.9 Å². The summed E-state index contributed by atoms with van der Waals surface area (Å²) in [5.41, 5.74) is 2.71. The van der Waals surface area contributed by atoms with Crippen LogP contribution in [0.3, 0.4) is 0 Å². The number of aromatic nitrogens is 1. The van der Waals surface area contributed by atoms with Gasteiger partial charge in [-0.05, 0) is 25.6 Å². The van der Waals surface area contributed by atoms with Crippen molar-refractivity contribution in [1.29, 1.82) is 0 Å². The van der Waals surface area contributed by atoms with Crippen LogP contribution in [0, 0.1) is 0 Å². The van der Waals surface area contributed by atoms with Crippen molar-refractivity contribution in [3.63, 3.8) is 0 Å². The Morgan fingerprint density at radius 3 is 2.54 bits per heavy atom. The summed E-state index contributed by atoms with van der Waals surface area (Å²) in [5, 5.41) is 3.04. The van der Waals surface area contributed by atoms with Crippen LogP contribution in [0.4, 0.5) is 5.69 Å². The van der Waals surface area contributed by atoms with Crippen molar-refractivity contribution in [2.75, 3.05) is 38.1 Å². The molecule has 5 nitrogen and oxygen atoms in total. The number of piperazine rings is 1. The molecule has 126 valence electrons. The Balaban J connectivity index is 1.68. The van der Waals surface area contributed by atoms with E-state index < -0.39 is 0 Å². The molecule has 0 spiro atoms. The van der Waals surface area contributed by atoms with Gasteiger partial charge in [0.1, 0.15) is 0 Å². The van der Waals surface area contributed by atoms with Gasteiger partial charge in [0.25, 0.3) is 5.91 Å². The van der Waals surface area contributed by atoms with Gasteiger partial charge in [-0.2, -0.15) is 0 Å². The van der Waals surface area contributed by atoms with Crippen LogP contribution in [0.1, 0.15) is 28.9 Å². The third-order valence-corrected chi connectivity index (χ3v) is 4.50. The van der Waals surface area contributed by atoms with Crippen molar-refractivity contribution >= 4 is 11.6 Å². The highest BCUT2D eigenvalue weighted by atomic mass is 16.1. The number of rotatable bonds is 4. The van der Waals surface area contributed by atoms with E-state index in [0.29, 0.717) is 5.56 Å². The van der Waals surface area contributed by atoms with Gasteiger partial charge >= 0.3 is 0 Å². The van der Waals surface area contributed by atoms with Crippen LogP contribution in [0.25, 0.3) is 0 Å². The SMILES string of the molecule is CC(NC(=O)c1cncc(N2CCN(C)CC2)c1)c1ccccc1. The Morgan fingerprint density at radius 1 is 1.12 bits per heavy atom. The molecule has 24 heavy (non-hydrogen) atoms. The molecule has 5 heteroatoms. The Hall–Kier alpha value is -2.40. The van der Waals surface area contributed by atoms with Crippen LogP contribution in [-0.2, 0) is 0 Å². The zero-order valence-electron chi connectivity index (χ0n) is 14.3. The highest BCUT2D eigenvalue weighted by Gasteiger charge is 2.17. The molecule has 1 saturated heterocycles. The van der Waals surface area contributed by atoms with Crippen molar-refractivity contribution < 1.29 is 4.79 Å². The predicted molar refractivity (Wildman–Crippen MR) is 96.3 cm³/mol. The highest BCUT2D eigenvalue weighted by molar-refractivity contribution is 5.95. The summed E-state index contributed by atoms with van der Waals surface area (Å²) in [6.07, 6.45) is 3.47. The predicted octanol–water partition coefficient (Wildman–Crippen LogP) is 2.32. The molecule has 1 amide bonds. The van der Waals surface area contributed by atoms with E-state index >= 15 is 0 Å². The number of carbonyl (C=O) groups is 1. The number of hydrogen-bond acceptors (Lipinski definition) is 4. The maximum atomic E-state index is 12.5.